The van der Waals surface area contributed by atoms with Gasteiger partial charge in [0.1, 0.15) is 0 Å². The molecule has 27 heavy (non-hydrogen) atoms. The molecule has 3 rings (SSSR count). The van der Waals surface area contributed by atoms with Gasteiger partial charge in [-0.3, -0.25) is 4.79 Å². The van der Waals surface area contributed by atoms with Crippen LogP contribution in [0.5, 0.6) is 0 Å². The van der Waals surface area contributed by atoms with Crippen molar-refractivity contribution < 1.29 is 9.21 Å². The Morgan fingerprint density at radius 1 is 1.19 bits per heavy atom. The van der Waals surface area contributed by atoms with E-state index < -0.39 is 0 Å². The van der Waals surface area contributed by atoms with E-state index in [1.807, 2.05) is 37.3 Å². The summed E-state index contributed by atoms with van der Waals surface area (Å²) in [6.45, 7) is 6.33. The van der Waals surface area contributed by atoms with E-state index in [4.69, 9.17) is 4.42 Å². The smallest absolute Gasteiger partial charge is 0.224 e. The van der Waals surface area contributed by atoms with Gasteiger partial charge in [-0.1, -0.05) is 54.0 Å². The SMILES string of the molecule is Cc1cc(NC(=O)CCc2ncc(-c3ccc(C(C)C)cc3)o2)ccc1Br. The summed E-state index contributed by atoms with van der Waals surface area (Å²) in [7, 11) is 0. The molecule has 1 amide bonds. The fraction of sp³-hybridized carbons (Fsp3) is 0.273. The van der Waals surface area contributed by atoms with E-state index in [1.54, 1.807) is 6.20 Å². The summed E-state index contributed by atoms with van der Waals surface area (Å²) >= 11 is 3.46. The highest BCUT2D eigenvalue weighted by Gasteiger charge is 2.10. The van der Waals surface area contributed by atoms with Crippen LogP contribution in [0.1, 0.15) is 43.2 Å². The zero-order valence-electron chi connectivity index (χ0n) is 15.8. The van der Waals surface area contributed by atoms with E-state index in [0.717, 1.165) is 27.0 Å². The number of oxazole rings is 1. The summed E-state index contributed by atoms with van der Waals surface area (Å²) < 4.78 is 6.83. The van der Waals surface area contributed by atoms with Crippen LogP contribution in [-0.2, 0) is 11.2 Å². The zero-order chi connectivity index (χ0) is 19.4. The average Bonchev–Trinajstić information content (AvgIpc) is 3.12. The van der Waals surface area contributed by atoms with Crippen LogP contribution < -0.4 is 5.32 Å². The van der Waals surface area contributed by atoms with Crippen molar-refractivity contribution in [3.8, 4) is 11.3 Å². The summed E-state index contributed by atoms with van der Waals surface area (Å²) in [4.78, 5) is 16.5. The topological polar surface area (TPSA) is 55.1 Å². The number of hydrogen-bond acceptors (Lipinski definition) is 3. The van der Waals surface area contributed by atoms with Crippen molar-refractivity contribution in [1.29, 1.82) is 0 Å². The molecule has 0 spiro atoms. The predicted octanol–water partition coefficient (Wildman–Crippen LogP) is 6.11. The van der Waals surface area contributed by atoms with Crippen LogP contribution >= 0.6 is 15.9 Å². The molecule has 4 nitrogen and oxygen atoms in total. The van der Waals surface area contributed by atoms with Gasteiger partial charge in [0.05, 0.1) is 6.20 Å². The predicted molar refractivity (Wildman–Crippen MR) is 112 cm³/mol. The van der Waals surface area contributed by atoms with Crippen LogP contribution in [0.25, 0.3) is 11.3 Å². The second-order valence-electron chi connectivity index (χ2n) is 6.91. The Hall–Kier alpha value is -2.40. The van der Waals surface area contributed by atoms with Gasteiger partial charge >= 0.3 is 0 Å². The molecule has 3 aromatic rings. The highest BCUT2D eigenvalue weighted by Crippen LogP contribution is 2.24. The van der Waals surface area contributed by atoms with Crippen molar-refractivity contribution in [1.82, 2.24) is 4.98 Å². The lowest BCUT2D eigenvalue weighted by atomic mass is 10.0. The minimum Gasteiger partial charge on any atom is -0.441 e. The standard InChI is InChI=1S/C22H23BrN2O2/c1-14(2)16-4-6-17(7-5-16)20-13-24-22(27-20)11-10-21(26)25-18-8-9-19(23)15(3)12-18/h4-9,12-14H,10-11H2,1-3H3,(H,25,26). The Labute approximate surface area is 168 Å². The fourth-order valence-corrected chi connectivity index (χ4v) is 3.00. The monoisotopic (exact) mass is 426 g/mol. The molecule has 140 valence electrons. The number of rotatable bonds is 6. The molecular formula is C22H23BrN2O2. The number of aryl methyl sites for hydroxylation is 2. The molecule has 1 heterocycles. The summed E-state index contributed by atoms with van der Waals surface area (Å²) in [5, 5.41) is 2.91. The number of hydrogen-bond donors (Lipinski definition) is 1. The molecular weight excluding hydrogens is 404 g/mol. The third-order valence-electron chi connectivity index (χ3n) is 4.42. The number of nitrogens with zero attached hydrogens (tertiary/aromatic N) is 1. The highest BCUT2D eigenvalue weighted by molar-refractivity contribution is 9.10. The molecule has 0 aliphatic rings. The molecule has 0 unspecified atom stereocenters. The normalized spacial score (nSPS) is 11.0. The Bertz CT molecular complexity index is 930. The number of carbonyl (C=O) groups is 1. The van der Waals surface area contributed by atoms with Gasteiger partial charge in [-0.2, -0.15) is 0 Å². The largest absolute Gasteiger partial charge is 0.441 e. The molecule has 0 saturated heterocycles. The van der Waals surface area contributed by atoms with Gasteiger partial charge in [0, 0.05) is 28.6 Å². The molecule has 0 saturated carbocycles. The molecule has 0 aliphatic heterocycles. The van der Waals surface area contributed by atoms with Gasteiger partial charge in [0.25, 0.3) is 0 Å². The van der Waals surface area contributed by atoms with Gasteiger partial charge in [-0.25, -0.2) is 4.98 Å². The van der Waals surface area contributed by atoms with Crippen LogP contribution in [-0.4, -0.2) is 10.9 Å². The Kier molecular flexibility index (Phi) is 6.11. The second-order valence-corrected chi connectivity index (χ2v) is 7.76. The van der Waals surface area contributed by atoms with E-state index in [9.17, 15) is 4.79 Å². The van der Waals surface area contributed by atoms with E-state index in [-0.39, 0.29) is 5.91 Å². The highest BCUT2D eigenvalue weighted by atomic mass is 79.9. The summed E-state index contributed by atoms with van der Waals surface area (Å²) in [6.07, 6.45) is 2.50. The van der Waals surface area contributed by atoms with Gasteiger partial charge < -0.3 is 9.73 Å². The van der Waals surface area contributed by atoms with Crippen LogP contribution in [0.15, 0.2) is 57.6 Å². The summed E-state index contributed by atoms with van der Waals surface area (Å²) in [6, 6.07) is 14.0. The van der Waals surface area contributed by atoms with Gasteiger partial charge in [-0.05, 0) is 42.2 Å². The number of aromatic nitrogens is 1. The number of amides is 1. The molecule has 0 aliphatic carbocycles. The van der Waals surface area contributed by atoms with Crippen molar-refractivity contribution in [2.45, 2.75) is 39.5 Å². The van der Waals surface area contributed by atoms with Crippen molar-refractivity contribution in [3.05, 3.63) is 70.2 Å². The van der Waals surface area contributed by atoms with Gasteiger partial charge in [-0.15, -0.1) is 0 Å². The zero-order valence-corrected chi connectivity index (χ0v) is 17.3. The van der Waals surface area contributed by atoms with Crippen LogP contribution in [0.3, 0.4) is 0 Å². The minimum atomic E-state index is -0.0576. The van der Waals surface area contributed by atoms with Crippen molar-refractivity contribution in [2.24, 2.45) is 0 Å². The first-order valence-corrected chi connectivity index (χ1v) is 9.82. The lowest BCUT2D eigenvalue weighted by molar-refractivity contribution is -0.116. The maximum absolute atomic E-state index is 12.2. The number of benzene rings is 2. The molecule has 1 aromatic heterocycles. The van der Waals surface area contributed by atoms with E-state index >= 15 is 0 Å². The van der Waals surface area contributed by atoms with Crippen molar-refractivity contribution in [3.63, 3.8) is 0 Å². The Morgan fingerprint density at radius 3 is 2.59 bits per heavy atom. The summed E-state index contributed by atoms with van der Waals surface area (Å²) in [5.74, 6) is 1.74. The van der Waals surface area contributed by atoms with E-state index in [0.29, 0.717) is 24.7 Å². The molecule has 0 atom stereocenters. The van der Waals surface area contributed by atoms with Gasteiger partial charge in [0.15, 0.2) is 11.7 Å². The van der Waals surface area contributed by atoms with Crippen LogP contribution in [0.4, 0.5) is 5.69 Å². The number of anilines is 1. The summed E-state index contributed by atoms with van der Waals surface area (Å²) in [5.41, 5.74) is 4.15. The number of nitrogens with one attached hydrogen (secondary N) is 1. The maximum atomic E-state index is 12.2. The van der Waals surface area contributed by atoms with Crippen LogP contribution in [0.2, 0.25) is 0 Å². The average molecular weight is 427 g/mol. The quantitative estimate of drug-likeness (QED) is 0.517. The van der Waals surface area contributed by atoms with Crippen molar-refractivity contribution in [2.75, 3.05) is 5.32 Å². The first-order valence-electron chi connectivity index (χ1n) is 9.03. The molecule has 2 aromatic carbocycles. The molecule has 0 bridgehead atoms. The fourth-order valence-electron chi connectivity index (χ4n) is 2.76. The lowest BCUT2D eigenvalue weighted by Crippen LogP contribution is -2.12. The minimum absolute atomic E-state index is 0.0576. The third kappa shape index (κ3) is 5.07. The molecule has 5 heteroatoms. The Balaban J connectivity index is 1.57. The van der Waals surface area contributed by atoms with E-state index in [1.165, 1.54) is 5.56 Å². The lowest BCUT2D eigenvalue weighted by Gasteiger charge is -2.06. The van der Waals surface area contributed by atoms with Crippen molar-refractivity contribution >= 4 is 27.5 Å². The van der Waals surface area contributed by atoms with Crippen LogP contribution in [0, 0.1) is 6.92 Å². The van der Waals surface area contributed by atoms with E-state index in [2.05, 4.69) is 52.2 Å². The Morgan fingerprint density at radius 2 is 1.93 bits per heavy atom. The first-order chi connectivity index (χ1) is 12.9. The third-order valence-corrected chi connectivity index (χ3v) is 5.31. The number of carbonyl (C=O) groups excluding carboxylic acids is 1. The molecule has 0 radical (unpaired) electrons. The molecule has 1 N–H and O–H groups in total. The van der Waals surface area contributed by atoms with Gasteiger partial charge in [0.2, 0.25) is 5.91 Å². The maximum Gasteiger partial charge on any atom is 0.224 e. The molecule has 0 fully saturated rings. The second kappa shape index (κ2) is 8.53. The first kappa shape index (κ1) is 19.4. The number of halogens is 1.